The molecule has 6 atom stereocenters. The second kappa shape index (κ2) is 9.59. The minimum Gasteiger partial charge on any atom is -0.379 e. The van der Waals surface area contributed by atoms with E-state index >= 15 is 0 Å². The Labute approximate surface area is 202 Å². The van der Waals surface area contributed by atoms with E-state index in [2.05, 4.69) is 10.3 Å². The van der Waals surface area contributed by atoms with Crippen LogP contribution in [0.4, 0.5) is 13.2 Å². The Balaban J connectivity index is 1.34. The molecule has 1 N–H and O–H groups in total. The van der Waals surface area contributed by atoms with E-state index in [1.807, 2.05) is 0 Å². The van der Waals surface area contributed by atoms with Gasteiger partial charge in [-0.15, -0.1) is 0 Å². The quantitative estimate of drug-likeness (QED) is 0.666. The van der Waals surface area contributed by atoms with Crippen molar-refractivity contribution in [3.8, 4) is 0 Å². The summed E-state index contributed by atoms with van der Waals surface area (Å²) in [5.74, 6) is -0.0790. The third-order valence-electron chi connectivity index (χ3n) is 7.97. The molecule has 1 amide bonds. The van der Waals surface area contributed by atoms with Crippen LogP contribution >= 0.6 is 0 Å². The molecule has 0 bridgehead atoms. The molecule has 5 rings (SSSR count). The second-order valence-electron chi connectivity index (χ2n) is 10.0. The summed E-state index contributed by atoms with van der Waals surface area (Å²) in [4.78, 5) is 19.7. The van der Waals surface area contributed by atoms with E-state index in [1.54, 1.807) is 19.1 Å². The van der Waals surface area contributed by atoms with Crippen LogP contribution < -0.4 is 5.32 Å². The topological polar surface area (TPSA) is 82.2 Å². The SMILES string of the molecule is COC1C[C@@]2(C(=O)N3CCc4ncc(C(F)(F)F)cc4C3)C[C@H](NC3CCOCC3OC)C[C@H]2O1. The van der Waals surface area contributed by atoms with Gasteiger partial charge in [-0.25, -0.2) is 0 Å². The van der Waals surface area contributed by atoms with Gasteiger partial charge in [-0.05, 0) is 30.9 Å². The number of hydrogen-bond acceptors (Lipinski definition) is 7. The van der Waals surface area contributed by atoms with Gasteiger partial charge in [0.25, 0.3) is 0 Å². The first-order chi connectivity index (χ1) is 16.7. The molecule has 4 aliphatic rings. The van der Waals surface area contributed by atoms with Crippen LogP contribution in [-0.2, 0) is 42.9 Å². The summed E-state index contributed by atoms with van der Waals surface area (Å²) in [7, 11) is 3.23. The summed E-state index contributed by atoms with van der Waals surface area (Å²) in [6.07, 6.45) is -1.55. The molecule has 0 aromatic carbocycles. The summed E-state index contributed by atoms with van der Waals surface area (Å²) in [5, 5.41) is 3.67. The Bertz CT molecular complexity index is 947. The predicted molar refractivity (Wildman–Crippen MR) is 117 cm³/mol. The minimum atomic E-state index is -4.47. The van der Waals surface area contributed by atoms with E-state index in [1.165, 1.54) is 0 Å². The molecule has 194 valence electrons. The van der Waals surface area contributed by atoms with Crippen LogP contribution in [-0.4, -0.2) is 80.4 Å². The standard InChI is InChI=1S/C24H32F3N3O5/c1-32-19-13-34-6-4-18(19)29-16-8-20-23(9-16,10-21(33-2)35-20)22(31)30-5-3-17-14(12-30)7-15(11-28-17)24(25,26)27/h7,11,16,18-21,29H,3-6,8-10,12-13H2,1-2H3/t16-,18?,19?,20-,21?,23+/m1/s1. The number of carbonyl (C=O) groups is 1. The molecule has 3 fully saturated rings. The first kappa shape index (κ1) is 24.9. The maximum Gasteiger partial charge on any atom is 0.417 e. The van der Waals surface area contributed by atoms with Gasteiger partial charge in [0.15, 0.2) is 6.29 Å². The summed E-state index contributed by atoms with van der Waals surface area (Å²) in [6.45, 7) is 1.71. The van der Waals surface area contributed by atoms with Gasteiger partial charge in [0, 0.05) is 70.7 Å². The summed E-state index contributed by atoms with van der Waals surface area (Å²) >= 11 is 0. The minimum absolute atomic E-state index is 0.0538. The Morgan fingerprint density at radius 3 is 2.86 bits per heavy atom. The van der Waals surface area contributed by atoms with Crippen LogP contribution in [0.25, 0.3) is 0 Å². The van der Waals surface area contributed by atoms with E-state index in [4.69, 9.17) is 18.9 Å². The third-order valence-corrected chi connectivity index (χ3v) is 7.97. The van der Waals surface area contributed by atoms with Gasteiger partial charge in [-0.3, -0.25) is 9.78 Å². The number of carbonyl (C=O) groups excluding carboxylic acids is 1. The van der Waals surface area contributed by atoms with Crippen molar-refractivity contribution in [1.82, 2.24) is 15.2 Å². The lowest BCUT2D eigenvalue weighted by Crippen LogP contribution is -2.51. The smallest absolute Gasteiger partial charge is 0.379 e. The molecule has 11 heteroatoms. The first-order valence-corrected chi connectivity index (χ1v) is 12.1. The zero-order valence-corrected chi connectivity index (χ0v) is 20.0. The molecule has 1 aromatic heterocycles. The van der Waals surface area contributed by atoms with Crippen LogP contribution in [0.2, 0.25) is 0 Å². The van der Waals surface area contributed by atoms with Gasteiger partial charge in [0.1, 0.15) is 0 Å². The largest absolute Gasteiger partial charge is 0.417 e. The normalized spacial score (nSPS) is 35.1. The molecule has 2 saturated heterocycles. The van der Waals surface area contributed by atoms with Gasteiger partial charge >= 0.3 is 6.18 Å². The lowest BCUT2D eigenvalue weighted by Gasteiger charge is -2.37. The van der Waals surface area contributed by atoms with Crippen LogP contribution in [0.3, 0.4) is 0 Å². The number of hydrogen-bond donors (Lipinski definition) is 1. The Morgan fingerprint density at radius 2 is 2.11 bits per heavy atom. The highest BCUT2D eigenvalue weighted by Gasteiger charge is 2.60. The number of pyridine rings is 1. The van der Waals surface area contributed by atoms with Gasteiger partial charge < -0.3 is 29.2 Å². The molecular formula is C24H32F3N3O5. The maximum absolute atomic E-state index is 14.0. The van der Waals surface area contributed by atoms with E-state index in [9.17, 15) is 18.0 Å². The number of methoxy groups -OCH3 is 2. The number of rotatable bonds is 5. The van der Waals surface area contributed by atoms with E-state index < -0.39 is 23.4 Å². The van der Waals surface area contributed by atoms with Crippen molar-refractivity contribution >= 4 is 5.91 Å². The predicted octanol–water partition coefficient (Wildman–Crippen LogP) is 2.29. The molecule has 3 aliphatic heterocycles. The van der Waals surface area contributed by atoms with Crippen LogP contribution in [0.1, 0.15) is 42.5 Å². The van der Waals surface area contributed by atoms with E-state index in [-0.39, 0.29) is 36.7 Å². The van der Waals surface area contributed by atoms with Crippen molar-refractivity contribution in [2.45, 2.75) is 75.4 Å². The Hall–Kier alpha value is -1.79. The summed E-state index contributed by atoms with van der Waals surface area (Å²) < 4.78 is 62.4. The summed E-state index contributed by atoms with van der Waals surface area (Å²) in [5.41, 5.74) is -0.505. The zero-order chi connectivity index (χ0) is 24.8. The average molecular weight is 500 g/mol. The first-order valence-electron chi connectivity index (χ1n) is 12.1. The molecule has 35 heavy (non-hydrogen) atoms. The number of alkyl halides is 3. The molecule has 1 aliphatic carbocycles. The third kappa shape index (κ3) is 4.69. The number of ether oxygens (including phenoxy) is 4. The number of amides is 1. The fourth-order valence-corrected chi connectivity index (χ4v) is 6.15. The van der Waals surface area contributed by atoms with Crippen molar-refractivity contribution in [3.05, 3.63) is 29.1 Å². The fraction of sp³-hybridized carbons (Fsp3) is 0.750. The van der Waals surface area contributed by atoms with Crippen molar-refractivity contribution in [2.75, 3.05) is 34.0 Å². The second-order valence-corrected chi connectivity index (χ2v) is 10.0. The zero-order valence-electron chi connectivity index (χ0n) is 20.0. The monoisotopic (exact) mass is 499 g/mol. The van der Waals surface area contributed by atoms with E-state index in [0.29, 0.717) is 56.7 Å². The molecule has 1 aromatic rings. The van der Waals surface area contributed by atoms with Gasteiger partial charge in [0.2, 0.25) is 5.91 Å². The Kier molecular flexibility index (Phi) is 6.82. The average Bonchev–Trinajstić information content (AvgIpc) is 3.37. The van der Waals surface area contributed by atoms with Gasteiger partial charge in [-0.1, -0.05) is 0 Å². The lowest BCUT2D eigenvalue weighted by atomic mass is 9.80. The molecule has 0 spiro atoms. The molecule has 0 radical (unpaired) electrons. The van der Waals surface area contributed by atoms with Crippen LogP contribution in [0, 0.1) is 5.41 Å². The number of aromatic nitrogens is 1. The lowest BCUT2D eigenvalue weighted by molar-refractivity contribution is -0.146. The molecule has 8 nitrogen and oxygen atoms in total. The van der Waals surface area contributed by atoms with Crippen LogP contribution in [0.5, 0.6) is 0 Å². The number of fused-ring (bicyclic) bond motifs is 2. The van der Waals surface area contributed by atoms with Crippen molar-refractivity contribution in [1.29, 1.82) is 0 Å². The van der Waals surface area contributed by atoms with Gasteiger partial charge in [-0.2, -0.15) is 13.2 Å². The molecule has 1 saturated carbocycles. The van der Waals surface area contributed by atoms with Crippen molar-refractivity contribution in [2.24, 2.45) is 5.41 Å². The van der Waals surface area contributed by atoms with Gasteiger partial charge in [0.05, 0.1) is 29.8 Å². The summed E-state index contributed by atoms with van der Waals surface area (Å²) in [6, 6.07) is 1.30. The number of nitrogens with zero attached hydrogens (tertiary/aromatic N) is 2. The maximum atomic E-state index is 14.0. The number of halogens is 3. The van der Waals surface area contributed by atoms with Crippen molar-refractivity contribution < 1.29 is 36.9 Å². The highest BCUT2D eigenvalue weighted by molar-refractivity contribution is 5.84. The molecule has 4 heterocycles. The highest BCUT2D eigenvalue weighted by Crippen LogP contribution is 2.52. The number of nitrogens with one attached hydrogen (secondary N) is 1. The molecule has 3 unspecified atom stereocenters. The van der Waals surface area contributed by atoms with Crippen molar-refractivity contribution in [3.63, 3.8) is 0 Å². The highest BCUT2D eigenvalue weighted by atomic mass is 19.4. The Morgan fingerprint density at radius 1 is 1.29 bits per heavy atom. The van der Waals surface area contributed by atoms with Crippen LogP contribution in [0.15, 0.2) is 12.3 Å². The fourth-order valence-electron chi connectivity index (χ4n) is 6.15. The van der Waals surface area contributed by atoms with E-state index in [0.717, 1.165) is 18.7 Å². The molecular weight excluding hydrogens is 467 g/mol.